The predicted molar refractivity (Wildman–Crippen MR) is 70.7 cm³/mol. The van der Waals surface area contributed by atoms with Gasteiger partial charge in [-0.05, 0) is 11.1 Å². The van der Waals surface area contributed by atoms with Crippen LogP contribution in [0.1, 0.15) is 17.0 Å². The van der Waals surface area contributed by atoms with Gasteiger partial charge >= 0.3 is 0 Å². The van der Waals surface area contributed by atoms with E-state index in [0.29, 0.717) is 0 Å². The van der Waals surface area contributed by atoms with Crippen LogP contribution in [0.15, 0.2) is 30.3 Å². The molecule has 0 unspecified atom stereocenters. The lowest BCUT2D eigenvalue weighted by Gasteiger charge is -2.27. The molecule has 0 spiro atoms. The lowest BCUT2D eigenvalue weighted by atomic mass is 9.69. The summed E-state index contributed by atoms with van der Waals surface area (Å²) in [4.78, 5) is 0. The minimum absolute atomic E-state index is 0.651. The van der Waals surface area contributed by atoms with Gasteiger partial charge in [-0.15, -0.1) is 0 Å². The number of ether oxygens (including phenoxy) is 1. The van der Waals surface area contributed by atoms with Crippen molar-refractivity contribution in [3.63, 3.8) is 0 Å². The molecule has 0 aromatic heterocycles. The summed E-state index contributed by atoms with van der Waals surface area (Å²) < 4.78 is 5.44. The van der Waals surface area contributed by atoms with E-state index in [9.17, 15) is 21.0 Å². The van der Waals surface area contributed by atoms with Crippen molar-refractivity contribution in [3.05, 3.63) is 41.5 Å². The van der Waals surface area contributed by atoms with Gasteiger partial charge in [-0.25, -0.2) is 0 Å². The Morgan fingerprint density at radius 2 is 1.52 bits per heavy atom. The van der Waals surface area contributed by atoms with E-state index in [1.54, 1.807) is 24.3 Å². The fraction of sp³-hybridized carbons (Fsp3) is 0.250. The van der Waals surface area contributed by atoms with Crippen LogP contribution >= 0.6 is 0 Å². The third-order valence-corrected chi connectivity index (χ3v) is 4.07. The predicted octanol–water partition coefficient (Wildman–Crippen LogP) is 2.02. The molecule has 1 fully saturated rings. The zero-order valence-corrected chi connectivity index (χ0v) is 10.8. The first kappa shape index (κ1) is 12.9. The smallest absolute Gasteiger partial charge is 0.251 e. The third kappa shape index (κ3) is 1.44. The summed E-state index contributed by atoms with van der Waals surface area (Å²) >= 11 is 0. The van der Waals surface area contributed by atoms with Crippen molar-refractivity contribution < 1.29 is 4.74 Å². The molecular formula is C16H8N4O. The maximum atomic E-state index is 9.46. The lowest BCUT2D eigenvalue weighted by molar-refractivity contribution is 0.0122. The summed E-state index contributed by atoms with van der Waals surface area (Å²) in [5, 5.41) is 37.7. The largest absolute Gasteiger partial charge is 0.311 e. The highest BCUT2D eigenvalue weighted by Crippen LogP contribution is 2.55. The molecule has 1 aromatic carbocycles. The second-order valence-corrected chi connectivity index (χ2v) is 5.01. The van der Waals surface area contributed by atoms with Crippen LogP contribution in [0.4, 0.5) is 0 Å². The molecule has 1 saturated heterocycles. The van der Waals surface area contributed by atoms with Gasteiger partial charge in [0.2, 0.25) is 0 Å². The van der Waals surface area contributed by atoms with Crippen molar-refractivity contribution in [2.75, 3.05) is 0 Å². The molecule has 0 amide bonds. The Hall–Kier alpha value is -3.12. The molecule has 5 heteroatoms. The van der Waals surface area contributed by atoms with Gasteiger partial charge in [0.15, 0.2) is 0 Å². The molecule has 1 aromatic rings. The van der Waals surface area contributed by atoms with E-state index in [1.807, 2.05) is 36.4 Å². The second kappa shape index (κ2) is 4.19. The lowest BCUT2D eigenvalue weighted by Crippen LogP contribution is -2.34. The van der Waals surface area contributed by atoms with Gasteiger partial charge in [0.25, 0.3) is 11.2 Å². The Morgan fingerprint density at radius 1 is 0.905 bits per heavy atom. The quantitative estimate of drug-likeness (QED) is 0.718. The zero-order chi connectivity index (χ0) is 15.1. The summed E-state index contributed by atoms with van der Waals surface area (Å²) in [6.45, 7) is 0. The summed E-state index contributed by atoms with van der Waals surface area (Å²) in [5.74, 6) is -1.31. The fourth-order valence-corrected chi connectivity index (χ4v) is 3.11. The number of fused-ring (bicyclic) bond motifs is 3. The first-order valence-corrected chi connectivity index (χ1v) is 6.28. The topological polar surface area (TPSA) is 104 Å². The van der Waals surface area contributed by atoms with Gasteiger partial charge in [0.1, 0.15) is 24.3 Å². The van der Waals surface area contributed by atoms with Crippen LogP contribution in [0, 0.1) is 51.2 Å². The first-order chi connectivity index (χ1) is 10.2. The van der Waals surface area contributed by atoms with Crippen molar-refractivity contribution in [1.29, 1.82) is 21.0 Å². The van der Waals surface area contributed by atoms with Crippen molar-refractivity contribution in [2.45, 2.75) is 17.1 Å². The number of benzene rings is 1. The monoisotopic (exact) mass is 272 g/mol. The van der Waals surface area contributed by atoms with Gasteiger partial charge < -0.3 is 4.74 Å². The van der Waals surface area contributed by atoms with Crippen LogP contribution in [0.3, 0.4) is 0 Å². The van der Waals surface area contributed by atoms with E-state index in [1.165, 1.54) is 0 Å². The highest BCUT2D eigenvalue weighted by atomic mass is 16.5. The van der Waals surface area contributed by atoms with Gasteiger partial charge in [0.05, 0.1) is 5.92 Å². The molecule has 1 aliphatic carbocycles. The van der Waals surface area contributed by atoms with Crippen LogP contribution < -0.4 is 0 Å². The molecule has 0 bridgehead atoms. The Kier molecular flexibility index (Phi) is 2.57. The maximum absolute atomic E-state index is 9.46. The van der Waals surface area contributed by atoms with Crippen LogP contribution in [-0.4, -0.2) is 11.2 Å². The van der Waals surface area contributed by atoms with Crippen LogP contribution in [-0.2, 0) is 4.74 Å². The molecule has 2 aliphatic rings. The van der Waals surface area contributed by atoms with Crippen molar-refractivity contribution in [1.82, 2.24) is 0 Å². The molecule has 2 atom stereocenters. The molecule has 0 radical (unpaired) electrons. The molecule has 21 heavy (non-hydrogen) atoms. The first-order valence-electron chi connectivity index (χ1n) is 6.28. The van der Waals surface area contributed by atoms with Crippen LogP contribution in [0.5, 0.6) is 0 Å². The Labute approximate surface area is 121 Å². The number of hydrogen-bond acceptors (Lipinski definition) is 5. The van der Waals surface area contributed by atoms with Gasteiger partial charge in [-0.3, -0.25) is 0 Å². The van der Waals surface area contributed by atoms with E-state index in [-0.39, 0.29) is 0 Å². The summed E-state index contributed by atoms with van der Waals surface area (Å²) in [6, 6.07) is 14.7. The van der Waals surface area contributed by atoms with Crippen molar-refractivity contribution in [3.8, 4) is 24.3 Å². The molecule has 1 aliphatic heterocycles. The number of rotatable bonds is 0. The van der Waals surface area contributed by atoms with Crippen molar-refractivity contribution >= 4 is 6.08 Å². The van der Waals surface area contributed by atoms with Crippen molar-refractivity contribution in [2.24, 2.45) is 5.92 Å². The molecular weight excluding hydrogens is 264 g/mol. The summed E-state index contributed by atoms with van der Waals surface area (Å²) in [5.41, 5.74) is -2.04. The van der Waals surface area contributed by atoms with Crippen LogP contribution in [0.25, 0.3) is 6.08 Å². The zero-order valence-electron chi connectivity index (χ0n) is 10.8. The standard InChI is InChI=1S/C16H8N4O/c17-7-15(8-18)13-6-5-11-3-1-2-4-12(11)14(13)16(9-19,10-20)21-15/h1-6,13-14H/t13-,14-/m1/s1. The minimum atomic E-state index is -1.84. The average molecular weight is 272 g/mol. The van der Waals surface area contributed by atoms with Crippen LogP contribution in [0.2, 0.25) is 0 Å². The molecule has 3 rings (SSSR count). The van der Waals surface area contributed by atoms with Gasteiger partial charge in [-0.2, -0.15) is 21.0 Å². The van der Waals surface area contributed by atoms with E-state index in [4.69, 9.17) is 4.74 Å². The minimum Gasteiger partial charge on any atom is -0.311 e. The molecule has 0 N–H and O–H groups in total. The summed E-state index contributed by atoms with van der Waals surface area (Å²) in [6.07, 6.45) is 3.49. The maximum Gasteiger partial charge on any atom is 0.251 e. The molecule has 98 valence electrons. The summed E-state index contributed by atoms with van der Waals surface area (Å²) in [7, 11) is 0. The SMILES string of the molecule is N#CC1(C#N)OC(C#N)(C#N)[C@@H]2c3ccccc3C=C[C@H]21. The number of nitriles is 4. The highest BCUT2D eigenvalue weighted by Gasteiger charge is 2.65. The Bertz CT molecular complexity index is 784. The van der Waals surface area contributed by atoms with E-state index >= 15 is 0 Å². The molecule has 0 saturated carbocycles. The molecule has 1 heterocycles. The van der Waals surface area contributed by atoms with E-state index in [0.717, 1.165) is 11.1 Å². The Morgan fingerprint density at radius 3 is 2.14 bits per heavy atom. The highest BCUT2D eigenvalue weighted by molar-refractivity contribution is 5.63. The molecule has 5 nitrogen and oxygen atoms in total. The number of nitrogens with zero attached hydrogens (tertiary/aromatic N) is 4. The Balaban J connectivity index is 2.31. The third-order valence-electron chi connectivity index (χ3n) is 4.07. The van der Waals surface area contributed by atoms with Gasteiger partial charge in [-0.1, -0.05) is 36.4 Å². The normalized spacial score (nSPS) is 26.3. The van der Waals surface area contributed by atoms with E-state index < -0.39 is 23.0 Å². The second-order valence-electron chi connectivity index (χ2n) is 5.01. The number of hydrogen-bond donors (Lipinski definition) is 0. The average Bonchev–Trinajstić information content (AvgIpc) is 2.86. The van der Waals surface area contributed by atoms with Gasteiger partial charge in [0, 0.05) is 5.92 Å². The fourth-order valence-electron chi connectivity index (χ4n) is 3.11. The van der Waals surface area contributed by atoms with E-state index in [2.05, 4.69) is 0 Å².